The standard InChI is InChI=1S/C16H16F2N4O3S/c1-11-9-20-14(10-19-11)16(23)21-4-6-22(7-5-21)26(24,25)15-8-12(17)2-3-13(15)18/h2-3,8-10H,4-7H2,1H3. The topological polar surface area (TPSA) is 83.5 Å². The molecule has 0 saturated carbocycles. The van der Waals surface area contributed by atoms with Crippen LogP contribution >= 0.6 is 0 Å². The number of hydrogen-bond donors (Lipinski definition) is 0. The molecule has 3 rings (SSSR count). The molecule has 10 heteroatoms. The highest BCUT2D eigenvalue weighted by molar-refractivity contribution is 7.89. The van der Waals surface area contributed by atoms with E-state index in [0.29, 0.717) is 11.8 Å². The Hall–Kier alpha value is -2.46. The van der Waals surface area contributed by atoms with Crippen LogP contribution in [0.3, 0.4) is 0 Å². The van der Waals surface area contributed by atoms with Crippen molar-refractivity contribution in [2.24, 2.45) is 0 Å². The SMILES string of the molecule is Cc1cnc(C(=O)N2CCN(S(=O)(=O)c3cc(F)ccc3F)CC2)cn1. The van der Waals surface area contributed by atoms with Crippen molar-refractivity contribution in [3.8, 4) is 0 Å². The van der Waals surface area contributed by atoms with Crippen LogP contribution in [-0.4, -0.2) is 59.7 Å². The average molecular weight is 382 g/mol. The molecule has 1 aliphatic rings. The molecule has 7 nitrogen and oxygen atoms in total. The highest BCUT2D eigenvalue weighted by Gasteiger charge is 2.32. The monoisotopic (exact) mass is 382 g/mol. The summed E-state index contributed by atoms with van der Waals surface area (Å²) in [5.41, 5.74) is 0.845. The van der Waals surface area contributed by atoms with Crippen molar-refractivity contribution in [1.29, 1.82) is 0 Å². The minimum atomic E-state index is -4.18. The quantitative estimate of drug-likeness (QED) is 0.797. The summed E-state index contributed by atoms with van der Waals surface area (Å²) in [6.45, 7) is 1.93. The Balaban J connectivity index is 1.72. The highest BCUT2D eigenvalue weighted by Crippen LogP contribution is 2.22. The molecule has 0 atom stereocenters. The summed E-state index contributed by atoms with van der Waals surface area (Å²) in [4.78, 5) is 21.2. The van der Waals surface area contributed by atoms with Crippen molar-refractivity contribution in [1.82, 2.24) is 19.2 Å². The first-order valence-corrected chi connectivity index (χ1v) is 9.26. The maximum atomic E-state index is 13.8. The fraction of sp³-hybridized carbons (Fsp3) is 0.312. The van der Waals surface area contributed by atoms with Gasteiger partial charge in [0, 0.05) is 32.4 Å². The number of benzene rings is 1. The summed E-state index contributed by atoms with van der Waals surface area (Å²) in [5.74, 6) is -2.21. The van der Waals surface area contributed by atoms with E-state index in [1.54, 1.807) is 6.92 Å². The first-order valence-electron chi connectivity index (χ1n) is 7.82. The summed E-state index contributed by atoms with van der Waals surface area (Å²) in [5, 5.41) is 0. The van der Waals surface area contributed by atoms with Crippen LogP contribution in [0.4, 0.5) is 8.78 Å². The predicted octanol–water partition coefficient (Wildman–Crippen LogP) is 1.21. The van der Waals surface area contributed by atoms with Gasteiger partial charge in [-0.15, -0.1) is 0 Å². The van der Waals surface area contributed by atoms with Gasteiger partial charge in [0.1, 0.15) is 22.2 Å². The van der Waals surface area contributed by atoms with E-state index in [1.807, 2.05) is 0 Å². The Kier molecular flexibility index (Phi) is 4.97. The molecule has 0 spiro atoms. The molecular weight excluding hydrogens is 366 g/mol. The third kappa shape index (κ3) is 3.56. The van der Waals surface area contributed by atoms with Crippen LogP contribution < -0.4 is 0 Å². The molecule has 1 saturated heterocycles. The molecule has 2 aromatic rings. The van der Waals surface area contributed by atoms with Crippen LogP contribution in [0.2, 0.25) is 0 Å². The Labute approximate surface area is 149 Å². The van der Waals surface area contributed by atoms with E-state index in [9.17, 15) is 22.0 Å². The number of carbonyl (C=O) groups is 1. The molecule has 1 fully saturated rings. The average Bonchev–Trinajstić information content (AvgIpc) is 2.64. The van der Waals surface area contributed by atoms with Crippen LogP contribution in [0.25, 0.3) is 0 Å². The molecule has 0 aliphatic carbocycles. The van der Waals surface area contributed by atoms with E-state index in [2.05, 4.69) is 9.97 Å². The number of nitrogens with zero attached hydrogens (tertiary/aromatic N) is 4. The first-order chi connectivity index (χ1) is 12.3. The number of hydrogen-bond acceptors (Lipinski definition) is 5. The van der Waals surface area contributed by atoms with Crippen molar-refractivity contribution in [3.63, 3.8) is 0 Å². The zero-order valence-electron chi connectivity index (χ0n) is 13.9. The summed E-state index contributed by atoms with van der Waals surface area (Å²) in [6, 6.07) is 2.29. The van der Waals surface area contributed by atoms with E-state index in [-0.39, 0.29) is 37.8 Å². The zero-order valence-corrected chi connectivity index (χ0v) is 14.7. The van der Waals surface area contributed by atoms with Gasteiger partial charge < -0.3 is 4.90 Å². The number of carbonyl (C=O) groups excluding carboxylic acids is 1. The second-order valence-electron chi connectivity index (χ2n) is 5.81. The highest BCUT2D eigenvalue weighted by atomic mass is 32.2. The normalized spacial score (nSPS) is 15.9. The predicted molar refractivity (Wildman–Crippen MR) is 87.8 cm³/mol. The lowest BCUT2D eigenvalue weighted by Crippen LogP contribution is -2.50. The summed E-state index contributed by atoms with van der Waals surface area (Å²) in [7, 11) is -4.18. The van der Waals surface area contributed by atoms with E-state index >= 15 is 0 Å². The van der Waals surface area contributed by atoms with Gasteiger partial charge in [-0.05, 0) is 25.1 Å². The van der Waals surface area contributed by atoms with E-state index < -0.39 is 26.6 Å². The second-order valence-corrected chi connectivity index (χ2v) is 7.72. The molecule has 138 valence electrons. The van der Waals surface area contributed by atoms with Crippen LogP contribution in [0, 0.1) is 18.6 Å². The third-order valence-electron chi connectivity index (χ3n) is 4.04. The minimum absolute atomic E-state index is 0.0245. The molecule has 0 bridgehead atoms. The van der Waals surface area contributed by atoms with Gasteiger partial charge in [-0.1, -0.05) is 0 Å². The molecule has 0 radical (unpaired) electrons. The lowest BCUT2D eigenvalue weighted by atomic mass is 10.3. The van der Waals surface area contributed by atoms with Crippen LogP contribution in [0.5, 0.6) is 0 Å². The summed E-state index contributed by atoms with van der Waals surface area (Å²) < 4.78 is 53.3. The molecule has 0 unspecified atom stereocenters. The maximum Gasteiger partial charge on any atom is 0.274 e. The van der Waals surface area contributed by atoms with Crippen LogP contribution in [0.15, 0.2) is 35.5 Å². The van der Waals surface area contributed by atoms with Gasteiger partial charge in [-0.3, -0.25) is 9.78 Å². The largest absolute Gasteiger partial charge is 0.335 e. The lowest BCUT2D eigenvalue weighted by molar-refractivity contribution is 0.0691. The van der Waals surface area contributed by atoms with Crippen LogP contribution in [-0.2, 0) is 10.0 Å². The van der Waals surface area contributed by atoms with Crippen molar-refractivity contribution >= 4 is 15.9 Å². The van der Waals surface area contributed by atoms with Gasteiger partial charge in [0.25, 0.3) is 5.91 Å². The van der Waals surface area contributed by atoms with Crippen molar-refractivity contribution in [2.75, 3.05) is 26.2 Å². The Bertz CT molecular complexity index is 927. The number of piperazine rings is 1. The van der Waals surface area contributed by atoms with Gasteiger partial charge >= 0.3 is 0 Å². The lowest BCUT2D eigenvalue weighted by Gasteiger charge is -2.33. The zero-order chi connectivity index (χ0) is 18.9. The van der Waals surface area contributed by atoms with E-state index in [4.69, 9.17) is 0 Å². The number of aromatic nitrogens is 2. The number of amides is 1. The van der Waals surface area contributed by atoms with Crippen LogP contribution in [0.1, 0.15) is 16.2 Å². The van der Waals surface area contributed by atoms with Gasteiger partial charge in [-0.25, -0.2) is 22.2 Å². The molecule has 26 heavy (non-hydrogen) atoms. The Morgan fingerprint density at radius 3 is 2.38 bits per heavy atom. The summed E-state index contributed by atoms with van der Waals surface area (Å²) in [6.07, 6.45) is 2.84. The van der Waals surface area contributed by atoms with Crippen molar-refractivity contribution < 1.29 is 22.0 Å². The molecule has 1 aromatic heterocycles. The molecule has 0 N–H and O–H groups in total. The number of halogens is 2. The first kappa shape index (κ1) is 18.3. The van der Waals surface area contributed by atoms with Gasteiger partial charge in [-0.2, -0.15) is 4.31 Å². The molecule has 1 aromatic carbocycles. The minimum Gasteiger partial charge on any atom is -0.335 e. The molecule has 1 amide bonds. The second kappa shape index (κ2) is 7.04. The van der Waals surface area contributed by atoms with Crippen molar-refractivity contribution in [2.45, 2.75) is 11.8 Å². The van der Waals surface area contributed by atoms with Crippen molar-refractivity contribution in [3.05, 3.63) is 53.6 Å². The Morgan fingerprint density at radius 2 is 1.77 bits per heavy atom. The van der Waals surface area contributed by atoms with Gasteiger partial charge in [0.05, 0.1) is 11.9 Å². The number of sulfonamides is 1. The third-order valence-corrected chi connectivity index (χ3v) is 5.95. The van der Waals surface area contributed by atoms with Gasteiger partial charge in [0.2, 0.25) is 10.0 Å². The van der Waals surface area contributed by atoms with Gasteiger partial charge in [0.15, 0.2) is 0 Å². The summed E-state index contributed by atoms with van der Waals surface area (Å²) >= 11 is 0. The smallest absolute Gasteiger partial charge is 0.274 e. The fourth-order valence-corrected chi connectivity index (χ4v) is 4.11. The fourth-order valence-electron chi connectivity index (χ4n) is 2.61. The molecule has 2 heterocycles. The molecule has 1 aliphatic heterocycles. The Morgan fingerprint density at radius 1 is 1.08 bits per heavy atom. The molecular formula is C16H16F2N4O3S. The van der Waals surface area contributed by atoms with E-state index in [1.165, 1.54) is 17.3 Å². The number of aryl methyl sites for hydroxylation is 1. The van der Waals surface area contributed by atoms with E-state index in [0.717, 1.165) is 16.4 Å². The maximum absolute atomic E-state index is 13.8. The number of rotatable bonds is 3.